The Morgan fingerprint density at radius 2 is 1.95 bits per heavy atom. The molecule has 6 rings (SSSR count). The number of carbonyl (C=O) groups excluding carboxylic acids is 1. The number of fused-ring (bicyclic) bond motifs is 3. The van der Waals surface area contributed by atoms with Crippen molar-refractivity contribution >= 4 is 28.8 Å². The Balaban J connectivity index is 1.45. The van der Waals surface area contributed by atoms with Gasteiger partial charge in [0.05, 0.1) is 48.1 Å². The number of aromatic nitrogens is 4. The molecular formula is C28H33N5O5. The minimum Gasteiger partial charge on any atom is -0.481 e. The van der Waals surface area contributed by atoms with Gasteiger partial charge in [-0.3, -0.25) is 14.7 Å². The largest absolute Gasteiger partial charge is 0.481 e. The van der Waals surface area contributed by atoms with E-state index in [9.17, 15) is 14.7 Å². The molecule has 1 amide bonds. The van der Waals surface area contributed by atoms with Crippen LogP contribution in [0.25, 0.3) is 11.0 Å². The van der Waals surface area contributed by atoms with Crippen LogP contribution in [-0.2, 0) is 22.4 Å². The van der Waals surface area contributed by atoms with E-state index in [0.717, 1.165) is 72.3 Å². The maximum absolute atomic E-state index is 12.6. The summed E-state index contributed by atoms with van der Waals surface area (Å²) in [6.07, 6.45) is 10.4. The maximum Gasteiger partial charge on any atom is 0.414 e. The van der Waals surface area contributed by atoms with Gasteiger partial charge in [0.2, 0.25) is 5.88 Å². The summed E-state index contributed by atoms with van der Waals surface area (Å²) in [5.41, 5.74) is 4.42. The van der Waals surface area contributed by atoms with Gasteiger partial charge in [-0.25, -0.2) is 14.8 Å². The molecule has 0 spiro atoms. The third-order valence-corrected chi connectivity index (χ3v) is 8.07. The average Bonchev–Trinajstić information content (AvgIpc) is 3.65. The van der Waals surface area contributed by atoms with E-state index in [1.54, 1.807) is 17.3 Å². The molecule has 0 unspecified atom stereocenters. The molecule has 1 N–H and O–H groups in total. The Bertz CT molecular complexity index is 1380. The number of anilines is 1. The number of aryl methyl sites for hydroxylation is 1. The van der Waals surface area contributed by atoms with Gasteiger partial charge in [-0.05, 0) is 64.0 Å². The van der Waals surface area contributed by atoms with Crippen LogP contribution in [0.15, 0.2) is 24.5 Å². The number of nitrogens with zero attached hydrogens (tertiary/aromatic N) is 5. The SMILES string of the molecule is COC(=O)N1c2ccc3c(nc(Cc4cncc(OC5CC5)n4)n3[C@@H]3CCC[C@@H](C(=O)O)C3)c2CC[C@@H]1C. The highest BCUT2D eigenvalue weighted by Gasteiger charge is 2.34. The zero-order valence-corrected chi connectivity index (χ0v) is 21.8. The Hall–Kier alpha value is -3.69. The first kappa shape index (κ1) is 24.6. The molecule has 1 aliphatic heterocycles. The number of methoxy groups -OCH3 is 1. The van der Waals surface area contributed by atoms with Crippen molar-refractivity contribution in [2.45, 2.75) is 82.9 Å². The highest BCUT2D eigenvalue weighted by molar-refractivity contribution is 5.95. The molecule has 2 saturated carbocycles. The number of carboxylic acid groups (broad SMARTS) is 1. The average molecular weight is 520 g/mol. The van der Waals surface area contributed by atoms with Crippen molar-refractivity contribution < 1.29 is 24.2 Å². The van der Waals surface area contributed by atoms with Gasteiger partial charge < -0.3 is 19.1 Å². The van der Waals surface area contributed by atoms with Crippen molar-refractivity contribution in [1.82, 2.24) is 19.5 Å². The summed E-state index contributed by atoms with van der Waals surface area (Å²) >= 11 is 0. The normalized spacial score (nSPS) is 23.2. The molecule has 3 aromatic rings. The minimum atomic E-state index is -0.739. The smallest absolute Gasteiger partial charge is 0.414 e. The van der Waals surface area contributed by atoms with E-state index >= 15 is 0 Å². The van der Waals surface area contributed by atoms with Gasteiger partial charge in [-0.2, -0.15) is 0 Å². The molecule has 2 aliphatic carbocycles. The molecule has 200 valence electrons. The van der Waals surface area contributed by atoms with Crippen molar-refractivity contribution in [3.8, 4) is 5.88 Å². The van der Waals surface area contributed by atoms with Gasteiger partial charge in [-0.1, -0.05) is 6.42 Å². The summed E-state index contributed by atoms with van der Waals surface area (Å²) in [6, 6.07) is 4.03. The lowest BCUT2D eigenvalue weighted by molar-refractivity contribution is -0.143. The van der Waals surface area contributed by atoms with E-state index in [2.05, 4.69) is 14.5 Å². The number of aliphatic carboxylic acids is 1. The highest BCUT2D eigenvalue weighted by Crippen LogP contribution is 2.41. The van der Waals surface area contributed by atoms with Gasteiger partial charge in [0.1, 0.15) is 11.9 Å². The van der Waals surface area contributed by atoms with Crippen LogP contribution in [0.5, 0.6) is 5.88 Å². The van der Waals surface area contributed by atoms with E-state index < -0.39 is 5.97 Å². The zero-order chi connectivity index (χ0) is 26.4. The van der Waals surface area contributed by atoms with Crippen molar-refractivity contribution in [2.24, 2.45) is 5.92 Å². The molecule has 3 aliphatic rings. The first-order valence-corrected chi connectivity index (χ1v) is 13.5. The Labute approximate surface area is 221 Å². The van der Waals surface area contributed by atoms with Gasteiger partial charge in [0, 0.05) is 23.8 Å². The van der Waals surface area contributed by atoms with E-state index in [-0.39, 0.29) is 30.2 Å². The fraction of sp³-hybridized carbons (Fsp3) is 0.536. The van der Waals surface area contributed by atoms with Crippen molar-refractivity contribution in [3.05, 3.63) is 41.6 Å². The molecule has 1 aromatic carbocycles. The first-order chi connectivity index (χ1) is 18.4. The molecule has 38 heavy (non-hydrogen) atoms. The Morgan fingerprint density at radius 1 is 1.11 bits per heavy atom. The van der Waals surface area contributed by atoms with E-state index in [1.807, 2.05) is 19.1 Å². The van der Waals surface area contributed by atoms with Crippen molar-refractivity contribution in [3.63, 3.8) is 0 Å². The fourth-order valence-electron chi connectivity index (χ4n) is 6.02. The van der Waals surface area contributed by atoms with Gasteiger partial charge >= 0.3 is 12.1 Å². The molecule has 0 radical (unpaired) electrons. The van der Waals surface area contributed by atoms with E-state index in [0.29, 0.717) is 25.1 Å². The molecule has 10 heteroatoms. The molecule has 0 saturated heterocycles. The third-order valence-electron chi connectivity index (χ3n) is 8.07. The minimum absolute atomic E-state index is 0.0148. The fourth-order valence-corrected chi connectivity index (χ4v) is 6.02. The summed E-state index contributed by atoms with van der Waals surface area (Å²) in [5, 5.41) is 9.76. The predicted molar refractivity (Wildman–Crippen MR) is 140 cm³/mol. The van der Waals surface area contributed by atoms with Crippen molar-refractivity contribution in [2.75, 3.05) is 12.0 Å². The molecule has 3 atom stereocenters. The lowest BCUT2D eigenvalue weighted by atomic mass is 9.85. The number of amides is 1. The number of carbonyl (C=O) groups is 2. The number of rotatable bonds is 6. The third kappa shape index (κ3) is 4.56. The van der Waals surface area contributed by atoms with Crippen LogP contribution in [0.1, 0.15) is 75.0 Å². The summed E-state index contributed by atoms with van der Waals surface area (Å²) < 4.78 is 13.2. The second-order valence-electron chi connectivity index (χ2n) is 10.8. The summed E-state index contributed by atoms with van der Waals surface area (Å²) in [7, 11) is 1.40. The number of carboxylic acids is 1. The molecule has 10 nitrogen and oxygen atoms in total. The van der Waals surface area contributed by atoms with Crippen LogP contribution in [-0.4, -0.2) is 55.9 Å². The standard InChI is InChI=1S/C28H33N5O5/c1-16-6-9-21-22(32(16)28(36)37-2)10-11-23-26(21)31-24(33(23)19-5-3-4-17(12-19)27(34)35)13-18-14-29-15-25(30-18)38-20-7-8-20/h10-11,14-17,19-20H,3-9,12-13H2,1-2H3,(H,34,35)/t16-,17+,19+/m0/s1. The van der Waals surface area contributed by atoms with Gasteiger partial charge in [0.15, 0.2) is 0 Å². The Morgan fingerprint density at radius 3 is 2.71 bits per heavy atom. The molecule has 3 heterocycles. The van der Waals surface area contributed by atoms with Gasteiger partial charge in [0.25, 0.3) is 0 Å². The van der Waals surface area contributed by atoms with Gasteiger partial charge in [-0.15, -0.1) is 0 Å². The van der Waals surface area contributed by atoms with Crippen LogP contribution in [0.4, 0.5) is 10.5 Å². The number of hydrogen-bond donors (Lipinski definition) is 1. The number of ether oxygens (including phenoxy) is 2. The number of hydrogen-bond acceptors (Lipinski definition) is 7. The summed E-state index contributed by atoms with van der Waals surface area (Å²) in [4.78, 5) is 40.4. The van der Waals surface area contributed by atoms with Crippen LogP contribution in [0, 0.1) is 5.92 Å². The highest BCUT2D eigenvalue weighted by atomic mass is 16.5. The summed E-state index contributed by atoms with van der Waals surface area (Å²) in [6.45, 7) is 2.03. The zero-order valence-electron chi connectivity index (χ0n) is 21.8. The topological polar surface area (TPSA) is 120 Å². The van der Waals surface area contributed by atoms with Crippen LogP contribution in [0.3, 0.4) is 0 Å². The number of imidazole rings is 1. The molecule has 2 fully saturated rings. The lowest BCUT2D eigenvalue weighted by Gasteiger charge is -2.34. The second kappa shape index (κ2) is 9.89. The van der Waals surface area contributed by atoms with E-state index in [4.69, 9.17) is 14.5 Å². The molecular weight excluding hydrogens is 486 g/mol. The Kier molecular flexibility index (Phi) is 6.41. The van der Waals surface area contributed by atoms with Crippen LogP contribution in [0.2, 0.25) is 0 Å². The molecule has 2 aromatic heterocycles. The number of benzene rings is 1. The van der Waals surface area contributed by atoms with Crippen molar-refractivity contribution in [1.29, 1.82) is 0 Å². The summed E-state index contributed by atoms with van der Waals surface area (Å²) in [5.74, 6) is 0.237. The maximum atomic E-state index is 12.6. The van der Waals surface area contributed by atoms with Crippen LogP contribution < -0.4 is 9.64 Å². The lowest BCUT2D eigenvalue weighted by Crippen LogP contribution is -2.42. The monoisotopic (exact) mass is 519 g/mol. The predicted octanol–water partition coefficient (Wildman–Crippen LogP) is 4.68. The second-order valence-corrected chi connectivity index (χ2v) is 10.8. The first-order valence-electron chi connectivity index (χ1n) is 13.5. The van der Waals surface area contributed by atoms with Crippen LogP contribution >= 0.6 is 0 Å². The van der Waals surface area contributed by atoms with E-state index in [1.165, 1.54) is 7.11 Å². The molecule has 0 bridgehead atoms. The quantitative estimate of drug-likeness (QED) is 0.498.